The molecule has 46 heavy (non-hydrogen) atoms. The molecular formula is C37H24Br2O7. The van der Waals surface area contributed by atoms with Crippen molar-refractivity contribution in [2.75, 3.05) is 0 Å². The van der Waals surface area contributed by atoms with Crippen molar-refractivity contribution in [1.82, 2.24) is 0 Å². The Morgan fingerprint density at radius 2 is 0.957 bits per heavy atom. The highest BCUT2D eigenvalue weighted by atomic mass is 79.9. The van der Waals surface area contributed by atoms with Gasteiger partial charge in [-0.05, 0) is 36.4 Å². The van der Waals surface area contributed by atoms with Crippen molar-refractivity contribution in [3.05, 3.63) is 128 Å². The summed E-state index contributed by atoms with van der Waals surface area (Å²) in [5, 5.41) is 0. The van der Waals surface area contributed by atoms with Crippen molar-refractivity contribution in [2.24, 2.45) is 21.7 Å². The van der Waals surface area contributed by atoms with E-state index in [0.717, 1.165) is 0 Å². The summed E-state index contributed by atoms with van der Waals surface area (Å²) in [6.07, 6.45) is 0. The number of hydrogen-bond acceptors (Lipinski definition) is 7. The van der Waals surface area contributed by atoms with Gasteiger partial charge in [0.15, 0.2) is 17.3 Å². The molecule has 8 rings (SSSR count). The van der Waals surface area contributed by atoms with E-state index in [-0.39, 0.29) is 11.5 Å². The summed E-state index contributed by atoms with van der Waals surface area (Å²) in [5.74, 6) is -5.01. The number of Topliss-reactive ketones (excluding diaryl/α,β-unsaturated/α-hetero) is 3. The molecular weight excluding hydrogens is 716 g/mol. The first-order valence-electron chi connectivity index (χ1n) is 14.7. The van der Waals surface area contributed by atoms with Gasteiger partial charge in [0, 0.05) is 43.0 Å². The van der Waals surface area contributed by atoms with Crippen LogP contribution in [0, 0.1) is 21.7 Å². The third-order valence-corrected chi connectivity index (χ3v) is 11.8. The highest BCUT2D eigenvalue weighted by Crippen LogP contribution is 2.87. The summed E-state index contributed by atoms with van der Waals surface area (Å²) < 4.78 is 13.0. The van der Waals surface area contributed by atoms with E-state index >= 15 is 4.79 Å². The molecule has 0 radical (unpaired) electrons. The predicted molar refractivity (Wildman–Crippen MR) is 173 cm³/mol. The lowest BCUT2D eigenvalue weighted by Crippen LogP contribution is -2.49. The lowest BCUT2D eigenvalue weighted by molar-refractivity contribution is -0.157. The van der Waals surface area contributed by atoms with E-state index in [1.165, 1.54) is 0 Å². The first-order valence-corrected chi connectivity index (χ1v) is 16.3. The third-order valence-electron chi connectivity index (χ3n) is 10.8. The molecule has 7 nitrogen and oxygen atoms in total. The Morgan fingerprint density at radius 3 is 1.33 bits per heavy atom. The molecule has 6 atom stereocenters. The van der Waals surface area contributed by atoms with Gasteiger partial charge in [0.1, 0.15) is 22.3 Å². The lowest BCUT2D eigenvalue weighted by Gasteiger charge is -2.30. The van der Waals surface area contributed by atoms with Crippen LogP contribution in [-0.4, -0.2) is 29.3 Å². The molecule has 0 N–H and O–H groups in total. The maximum absolute atomic E-state index is 15.7. The monoisotopic (exact) mass is 738 g/mol. The van der Waals surface area contributed by atoms with E-state index in [1.807, 2.05) is 0 Å². The van der Waals surface area contributed by atoms with Crippen molar-refractivity contribution in [2.45, 2.75) is 25.7 Å². The molecule has 0 unspecified atom stereocenters. The SMILES string of the molecule is C[C@]1(C(=O)c2ccccc2)[C@@H]2c3cc(Br)ccc3OC(=O)[C@@]21C(=O)[C@]12C(=O)Oc3ccc(Br)cc3[C@@H]1[C@@]2(C)C(=O)c1ccccc1. The van der Waals surface area contributed by atoms with Crippen LogP contribution in [0.4, 0.5) is 0 Å². The first kappa shape index (κ1) is 29.2. The molecule has 2 saturated carbocycles. The molecule has 2 aliphatic heterocycles. The van der Waals surface area contributed by atoms with Gasteiger partial charge in [-0.3, -0.25) is 24.0 Å². The number of halogens is 2. The molecule has 0 amide bonds. The van der Waals surface area contributed by atoms with E-state index in [1.54, 1.807) is 111 Å². The number of fused-ring (bicyclic) bond motifs is 6. The van der Waals surface area contributed by atoms with Crippen LogP contribution in [0.15, 0.2) is 106 Å². The third kappa shape index (κ3) is 3.25. The van der Waals surface area contributed by atoms with Crippen LogP contribution in [0.5, 0.6) is 11.5 Å². The summed E-state index contributed by atoms with van der Waals surface area (Å²) in [5.41, 5.74) is -5.88. The van der Waals surface area contributed by atoms with E-state index in [9.17, 15) is 19.2 Å². The minimum atomic E-state index is -2.11. The Labute approximate surface area is 280 Å². The van der Waals surface area contributed by atoms with Crippen LogP contribution < -0.4 is 9.47 Å². The van der Waals surface area contributed by atoms with Crippen LogP contribution in [0.3, 0.4) is 0 Å². The molecule has 0 spiro atoms. The standard InChI is InChI=1S/C37H24Br2O7/c1-34(29(40)19-9-5-3-6-10-19)27-23-17-21(38)13-15-25(23)45-32(43)36(27,34)31(42)37-28(24-18-22(39)14-16-26(24)46-33(37)44)35(37,2)30(41)20-11-7-4-8-12-20/h3-18,27-28H,1-2H3/t27-,28+,34+,35-,36-,37-/m0/s1. The van der Waals surface area contributed by atoms with Crippen molar-refractivity contribution in [3.8, 4) is 11.5 Å². The second kappa shape index (κ2) is 9.42. The Bertz CT molecular complexity index is 1930. The number of carbonyl (C=O) groups is 5. The summed E-state index contributed by atoms with van der Waals surface area (Å²) >= 11 is 6.97. The lowest BCUT2D eigenvalue weighted by atomic mass is 9.73. The zero-order valence-electron chi connectivity index (χ0n) is 24.5. The van der Waals surface area contributed by atoms with Gasteiger partial charge in [-0.15, -0.1) is 0 Å². The molecule has 4 aromatic carbocycles. The largest absolute Gasteiger partial charge is 0.425 e. The highest BCUT2D eigenvalue weighted by Gasteiger charge is 2.97. The van der Waals surface area contributed by atoms with Gasteiger partial charge < -0.3 is 9.47 Å². The molecule has 4 aliphatic rings. The number of esters is 2. The Kier molecular flexibility index (Phi) is 5.98. The minimum absolute atomic E-state index is 0.236. The molecule has 0 saturated heterocycles. The Morgan fingerprint density at radius 1 is 0.587 bits per heavy atom. The van der Waals surface area contributed by atoms with Crippen LogP contribution in [0.1, 0.15) is 57.5 Å². The van der Waals surface area contributed by atoms with Gasteiger partial charge in [-0.25, -0.2) is 0 Å². The Hall–Kier alpha value is -4.21. The molecule has 9 heteroatoms. The zero-order valence-corrected chi connectivity index (χ0v) is 27.7. The second-order valence-electron chi connectivity index (χ2n) is 12.7. The van der Waals surface area contributed by atoms with Crippen LogP contribution in [0.25, 0.3) is 0 Å². The van der Waals surface area contributed by atoms with Crippen LogP contribution in [-0.2, 0) is 14.4 Å². The van der Waals surface area contributed by atoms with Crippen LogP contribution in [0.2, 0.25) is 0 Å². The molecule has 228 valence electrons. The number of hydrogen-bond donors (Lipinski definition) is 0. The van der Waals surface area contributed by atoms with Gasteiger partial charge in [0.25, 0.3) is 0 Å². The van der Waals surface area contributed by atoms with Gasteiger partial charge in [0.05, 0.1) is 10.8 Å². The molecule has 2 fully saturated rings. The summed E-state index contributed by atoms with van der Waals surface area (Å²) in [6, 6.07) is 27.0. The fourth-order valence-corrected chi connectivity index (χ4v) is 9.41. The topological polar surface area (TPSA) is 104 Å². The van der Waals surface area contributed by atoms with Crippen molar-refractivity contribution in [1.29, 1.82) is 0 Å². The summed E-state index contributed by atoms with van der Waals surface area (Å²) in [7, 11) is 0. The molecule has 4 aromatic rings. The van der Waals surface area contributed by atoms with Crippen molar-refractivity contribution < 1.29 is 33.4 Å². The van der Waals surface area contributed by atoms with Crippen LogP contribution >= 0.6 is 31.9 Å². The fourth-order valence-electron chi connectivity index (χ4n) is 8.65. The zero-order chi connectivity index (χ0) is 32.4. The maximum atomic E-state index is 15.7. The first-order chi connectivity index (χ1) is 22.0. The van der Waals surface area contributed by atoms with E-state index in [2.05, 4.69) is 31.9 Å². The van der Waals surface area contributed by atoms with Crippen molar-refractivity contribution >= 4 is 61.1 Å². The summed E-state index contributed by atoms with van der Waals surface area (Å²) in [6.45, 7) is 3.18. The van der Waals surface area contributed by atoms with Crippen molar-refractivity contribution in [3.63, 3.8) is 0 Å². The van der Waals surface area contributed by atoms with Gasteiger partial charge in [0.2, 0.25) is 0 Å². The smallest absolute Gasteiger partial charge is 0.326 e. The predicted octanol–water partition coefficient (Wildman–Crippen LogP) is 7.26. The van der Waals surface area contributed by atoms with Gasteiger partial charge >= 0.3 is 11.9 Å². The quantitative estimate of drug-likeness (QED) is 0.0888. The normalized spacial score (nSPS) is 31.2. The molecule has 0 bridgehead atoms. The summed E-state index contributed by atoms with van der Waals surface area (Å²) in [4.78, 5) is 73.5. The number of ketones is 3. The average molecular weight is 740 g/mol. The number of benzene rings is 4. The van der Waals surface area contributed by atoms with E-state index in [0.29, 0.717) is 31.2 Å². The molecule has 0 aromatic heterocycles. The second-order valence-corrected chi connectivity index (χ2v) is 14.6. The maximum Gasteiger partial charge on any atom is 0.326 e. The minimum Gasteiger partial charge on any atom is -0.425 e. The van der Waals surface area contributed by atoms with E-state index < -0.39 is 62.8 Å². The van der Waals surface area contributed by atoms with E-state index in [4.69, 9.17) is 9.47 Å². The average Bonchev–Trinajstić information content (AvgIpc) is 3.88. The molecule has 2 heterocycles. The van der Waals surface area contributed by atoms with Gasteiger partial charge in [-0.1, -0.05) is 106 Å². The molecule has 2 aliphatic carbocycles. The number of ether oxygens (including phenoxy) is 2. The number of rotatable bonds is 6. The highest BCUT2D eigenvalue weighted by molar-refractivity contribution is 9.10. The fraction of sp³-hybridized carbons (Fsp3) is 0.216. The number of carbonyl (C=O) groups excluding carboxylic acids is 5. The Balaban J connectivity index is 1.39. The van der Waals surface area contributed by atoms with Gasteiger partial charge in [-0.2, -0.15) is 0 Å².